The van der Waals surface area contributed by atoms with Crippen molar-refractivity contribution in [2.24, 2.45) is 11.8 Å². The number of rotatable bonds is 12. The van der Waals surface area contributed by atoms with Crippen molar-refractivity contribution in [3.05, 3.63) is 90.5 Å². The zero-order chi connectivity index (χ0) is 29.1. The van der Waals surface area contributed by atoms with Gasteiger partial charge in [-0.2, -0.15) is 0 Å². The summed E-state index contributed by atoms with van der Waals surface area (Å²) in [5.41, 5.74) is 1.46. The lowest BCUT2D eigenvalue weighted by Gasteiger charge is -2.39. The van der Waals surface area contributed by atoms with Gasteiger partial charge in [-0.05, 0) is 43.4 Å². The first-order valence-corrected chi connectivity index (χ1v) is 15.2. The third-order valence-corrected chi connectivity index (χ3v) is 10.7. The van der Waals surface area contributed by atoms with Crippen LogP contribution in [-0.4, -0.2) is 69.6 Å². The third-order valence-electron chi connectivity index (χ3n) is 8.45. The number of benzene rings is 2. The second-order valence-electron chi connectivity index (χ2n) is 10.8. The fraction of sp³-hybridized carbons (Fsp3) is 0.406. The quantitative estimate of drug-likeness (QED) is 0.218. The van der Waals surface area contributed by atoms with Crippen molar-refractivity contribution in [3.8, 4) is 0 Å². The van der Waals surface area contributed by atoms with Gasteiger partial charge in [0.2, 0.25) is 5.91 Å². The maximum absolute atomic E-state index is 14.7. The molecule has 1 N–H and O–H groups in total. The molecule has 2 bridgehead atoms. The van der Waals surface area contributed by atoms with E-state index in [-0.39, 0.29) is 36.8 Å². The maximum atomic E-state index is 14.7. The van der Waals surface area contributed by atoms with Crippen LogP contribution in [-0.2, 0) is 25.5 Å². The molecule has 5 rings (SSSR count). The number of halogens is 1. The zero-order valence-corrected chi connectivity index (χ0v) is 24.4. The first kappa shape index (κ1) is 29.4. The van der Waals surface area contributed by atoms with Crippen LogP contribution < -0.4 is 4.90 Å². The lowest BCUT2D eigenvalue weighted by molar-refractivity contribution is -0.154. The van der Waals surface area contributed by atoms with E-state index in [4.69, 9.17) is 16.3 Å². The van der Waals surface area contributed by atoms with E-state index in [0.29, 0.717) is 36.4 Å². The molecule has 0 aliphatic carbocycles. The number of esters is 1. The van der Waals surface area contributed by atoms with Gasteiger partial charge >= 0.3 is 5.97 Å². The number of hydrogen-bond acceptors (Lipinski definition) is 6. The summed E-state index contributed by atoms with van der Waals surface area (Å²) in [5.74, 6) is -2.37. The highest BCUT2D eigenvalue weighted by Gasteiger charge is 2.74. The van der Waals surface area contributed by atoms with Gasteiger partial charge in [-0.15, -0.1) is 24.9 Å². The predicted molar refractivity (Wildman–Crippen MR) is 162 cm³/mol. The van der Waals surface area contributed by atoms with Gasteiger partial charge in [0.15, 0.2) is 0 Å². The number of thioether (sulfide) groups is 1. The van der Waals surface area contributed by atoms with Crippen LogP contribution in [0, 0.1) is 11.8 Å². The molecule has 41 heavy (non-hydrogen) atoms. The van der Waals surface area contributed by atoms with E-state index in [9.17, 15) is 19.5 Å². The molecule has 0 aromatic heterocycles. The van der Waals surface area contributed by atoms with Crippen molar-refractivity contribution in [1.82, 2.24) is 4.90 Å². The van der Waals surface area contributed by atoms with Crippen molar-refractivity contribution in [3.63, 3.8) is 0 Å². The number of carbonyl (C=O) groups excluding carboxylic acids is 3. The van der Waals surface area contributed by atoms with Gasteiger partial charge in [0, 0.05) is 11.8 Å². The van der Waals surface area contributed by atoms with E-state index in [2.05, 4.69) is 13.2 Å². The molecule has 2 amide bonds. The highest BCUT2D eigenvalue weighted by Crippen LogP contribution is 2.67. The topological polar surface area (TPSA) is 87.2 Å². The number of anilines is 1. The first-order chi connectivity index (χ1) is 19.9. The van der Waals surface area contributed by atoms with Crippen molar-refractivity contribution in [2.45, 2.75) is 47.8 Å². The van der Waals surface area contributed by atoms with Crippen LogP contribution in [0.25, 0.3) is 0 Å². The van der Waals surface area contributed by atoms with Gasteiger partial charge in [-0.25, -0.2) is 0 Å². The predicted octanol–water partition coefficient (Wildman–Crippen LogP) is 4.67. The molecule has 6 atom stereocenters. The highest BCUT2D eigenvalue weighted by atomic mass is 35.5. The molecule has 3 aliphatic rings. The van der Waals surface area contributed by atoms with Crippen LogP contribution >= 0.6 is 23.4 Å². The van der Waals surface area contributed by atoms with Crippen LogP contribution in [0.4, 0.5) is 5.69 Å². The Balaban J connectivity index is 1.58. The Labute approximate surface area is 250 Å². The van der Waals surface area contributed by atoms with Crippen LogP contribution in [0.15, 0.2) is 79.9 Å². The second kappa shape index (κ2) is 12.4. The number of amides is 2. The summed E-state index contributed by atoms with van der Waals surface area (Å²) in [6, 6.07) is 15.1. The summed E-state index contributed by atoms with van der Waals surface area (Å²) >= 11 is 8.13. The summed E-state index contributed by atoms with van der Waals surface area (Å²) in [4.78, 5) is 45.7. The minimum Gasteiger partial charge on any atom is -0.465 e. The van der Waals surface area contributed by atoms with E-state index in [1.54, 1.807) is 58.0 Å². The number of likely N-dealkylation sites (tertiary alicyclic amines) is 1. The Kier molecular flexibility index (Phi) is 8.92. The molecule has 9 heteroatoms. The normalized spacial score (nSPS) is 26.9. The third kappa shape index (κ3) is 5.22. The lowest BCUT2D eigenvalue weighted by atomic mass is 9.71. The van der Waals surface area contributed by atoms with Crippen LogP contribution in [0.3, 0.4) is 0 Å². The molecule has 2 unspecified atom stereocenters. The van der Waals surface area contributed by atoms with E-state index >= 15 is 0 Å². The molecule has 7 nitrogen and oxygen atoms in total. The van der Waals surface area contributed by atoms with Crippen LogP contribution in [0.1, 0.15) is 24.8 Å². The number of ether oxygens (including phenoxy) is 1. The molecule has 1 spiro atoms. The number of aliphatic hydroxyl groups excluding tert-OH is 1. The number of nitrogens with zero attached hydrogens (tertiary/aromatic N) is 2. The monoisotopic (exact) mass is 594 g/mol. The molecular weight excluding hydrogens is 560 g/mol. The fourth-order valence-corrected chi connectivity index (χ4v) is 9.19. The van der Waals surface area contributed by atoms with Gasteiger partial charge in [0.1, 0.15) is 6.04 Å². The molecule has 3 heterocycles. The average Bonchev–Trinajstić information content (AvgIpc) is 3.63. The maximum Gasteiger partial charge on any atom is 0.310 e. The standard InChI is InChI=1S/C32H35ClN2O5S/c1-3-5-18-40-31(39)26-25-15-16-32(41-25)27(26)29(37)35(22(20-36)19-21-11-7-6-8-12-21)28(32)30(38)34(17-4-2)24-14-10-9-13-23(24)33/h3-4,6-14,22,25-28,36H,1-2,5,15-20H2/t22-,25+,26-,27+,28?,32?/m1/s1. The Morgan fingerprint density at radius 1 is 1.17 bits per heavy atom. The van der Waals surface area contributed by atoms with Crippen molar-refractivity contribution >= 4 is 46.8 Å². The van der Waals surface area contributed by atoms with E-state index in [0.717, 1.165) is 5.56 Å². The van der Waals surface area contributed by atoms with Gasteiger partial charge in [-0.1, -0.05) is 66.2 Å². The molecule has 3 fully saturated rings. The molecule has 2 aromatic carbocycles. The molecule has 3 aliphatic heterocycles. The summed E-state index contributed by atoms with van der Waals surface area (Å²) in [7, 11) is 0. The summed E-state index contributed by atoms with van der Waals surface area (Å²) in [6.07, 6.45) is 5.50. The van der Waals surface area contributed by atoms with E-state index < -0.39 is 34.6 Å². The van der Waals surface area contributed by atoms with Crippen molar-refractivity contribution < 1.29 is 24.2 Å². The lowest BCUT2D eigenvalue weighted by Crippen LogP contribution is -2.58. The van der Waals surface area contributed by atoms with Crippen LogP contribution in [0.5, 0.6) is 0 Å². The Hall–Kier alpha value is -3.07. The first-order valence-electron chi connectivity index (χ1n) is 14.0. The Morgan fingerprint density at radius 2 is 1.90 bits per heavy atom. The number of aliphatic hydroxyl groups is 1. The largest absolute Gasteiger partial charge is 0.465 e. The van der Waals surface area contributed by atoms with Gasteiger partial charge in [0.05, 0.1) is 46.5 Å². The molecule has 2 aromatic rings. The van der Waals surface area contributed by atoms with E-state index in [1.807, 2.05) is 30.3 Å². The molecule has 0 radical (unpaired) electrons. The minimum absolute atomic E-state index is 0.118. The van der Waals surface area contributed by atoms with Crippen molar-refractivity contribution in [2.75, 3.05) is 24.7 Å². The fourth-order valence-electron chi connectivity index (χ4n) is 6.76. The minimum atomic E-state index is -0.905. The van der Waals surface area contributed by atoms with E-state index in [1.165, 1.54) is 0 Å². The highest BCUT2D eigenvalue weighted by molar-refractivity contribution is 8.02. The number of carbonyl (C=O) groups is 3. The number of fused-ring (bicyclic) bond motifs is 1. The molecular formula is C32H35ClN2O5S. The molecule has 216 valence electrons. The Morgan fingerprint density at radius 3 is 2.59 bits per heavy atom. The zero-order valence-electron chi connectivity index (χ0n) is 22.9. The second-order valence-corrected chi connectivity index (χ2v) is 12.8. The van der Waals surface area contributed by atoms with Gasteiger partial charge < -0.3 is 19.6 Å². The average molecular weight is 595 g/mol. The van der Waals surface area contributed by atoms with Gasteiger partial charge in [0.25, 0.3) is 5.91 Å². The number of para-hydroxylation sites is 1. The number of hydrogen-bond donors (Lipinski definition) is 1. The summed E-state index contributed by atoms with van der Waals surface area (Å²) in [6.45, 7) is 7.60. The molecule has 0 saturated carbocycles. The SMILES string of the molecule is C=CCCOC(=O)[C@@H]1[C@@H]2CCC3(S2)C(C(=O)N(CC=C)c2ccccc2Cl)N([C@@H](CO)Cc2ccccc2)C(=O)[C@H]13. The molecule has 3 saturated heterocycles. The summed E-state index contributed by atoms with van der Waals surface area (Å²) in [5, 5.41) is 10.9. The summed E-state index contributed by atoms with van der Waals surface area (Å²) < 4.78 is 4.76. The Bertz CT molecular complexity index is 1320. The van der Waals surface area contributed by atoms with Gasteiger partial charge in [-0.3, -0.25) is 14.4 Å². The van der Waals surface area contributed by atoms with Crippen LogP contribution in [0.2, 0.25) is 5.02 Å². The smallest absolute Gasteiger partial charge is 0.310 e. The van der Waals surface area contributed by atoms with Crippen molar-refractivity contribution in [1.29, 1.82) is 0 Å².